The Kier molecular flexibility index (Phi) is 7.34. The molecular weight excluding hydrogens is 448 g/mol. The molecule has 5 aromatic rings. The second kappa shape index (κ2) is 11.3. The van der Waals surface area contributed by atoms with Gasteiger partial charge in [0.05, 0.1) is 0 Å². The smallest absolute Gasteiger partial charge is 0.161 e. The summed E-state index contributed by atoms with van der Waals surface area (Å²) in [7, 11) is 0. The molecule has 0 atom stereocenters. The zero-order valence-electron chi connectivity index (χ0n) is 20.8. The molecule has 0 aliphatic carbocycles. The van der Waals surface area contributed by atoms with Crippen LogP contribution in [-0.2, 0) is 0 Å². The second-order valence-corrected chi connectivity index (χ2v) is 8.95. The molecule has 1 heteroatoms. The molecule has 0 aromatic heterocycles. The molecule has 0 unspecified atom stereocenters. The van der Waals surface area contributed by atoms with Gasteiger partial charge in [-0.25, -0.2) is 0 Å². The highest BCUT2D eigenvalue weighted by Gasteiger charge is 2.20. The Balaban J connectivity index is 1.79. The maximum atomic E-state index is 13.4. The first kappa shape index (κ1) is 24.0. The van der Waals surface area contributed by atoms with E-state index in [1.54, 1.807) is 6.92 Å². The molecular formula is C36H28O. The van der Waals surface area contributed by atoms with E-state index in [-0.39, 0.29) is 5.78 Å². The van der Waals surface area contributed by atoms with Gasteiger partial charge in [0.2, 0.25) is 0 Å². The molecule has 0 radical (unpaired) electrons. The summed E-state index contributed by atoms with van der Waals surface area (Å²) in [5.41, 5.74) is 8.92. The van der Waals surface area contributed by atoms with Crippen molar-refractivity contribution in [3.05, 3.63) is 178 Å². The largest absolute Gasteiger partial charge is 0.294 e. The van der Waals surface area contributed by atoms with Gasteiger partial charge in [0.1, 0.15) is 0 Å². The maximum Gasteiger partial charge on any atom is 0.161 e. The van der Waals surface area contributed by atoms with Crippen molar-refractivity contribution in [1.82, 2.24) is 0 Å². The second-order valence-electron chi connectivity index (χ2n) is 8.95. The molecule has 0 bridgehead atoms. The van der Waals surface area contributed by atoms with Crippen LogP contribution in [0.1, 0.15) is 50.7 Å². The van der Waals surface area contributed by atoms with Crippen molar-refractivity contribution >= 4 is 29.1 Å². The molecule has 178 valence electrons. The normalized spacial score (nSPS) is 11.8. The van der Waals surface area contributed by atoms with Gasteiger partial charge in [-0.15, -0.1) is 0 Å². The predicted molar refractivity (Wildman–Crippen MR) is 156 cm³/mol. The Labute approximate surface area is 219 Å². The Hall–Kier alpha value is -4.75. The molecule has 0 heterocycles. The predicted octanol–water partition coefficient (Wildman–Crippen LogP) is 9.07. The van der Waals surface area contributed by atoms with E-state index in [1.165, 1.54) is 0 Å². The number of rotatable bonds is 7. The maximum absolute atomic E-state index is 13.4. The summed E-state index contributed by atoms with van der Waals surface area (Å²) in [6, 6.07) is 47.3. The van der Waals surface area contributed by atoms with Crippen LogP contribution < -0.4 is 0 Å². The first-order chi connectivity index (χ1) is 18.2. The Bertz CT molecular complexity index is 1430. The topological polar surface area (TPSA) is 17.1 Å². The lowest BCUT2D eigenvalue weighted by Crippen LogP contribution is -2.06. The molecule has 0 fully saturated rings. The summed E-state index contributed by atoms with van der Waals surface area (Å²) in [5, 5.41) is 0. The van der Waals surface area contributed by atoms with Crippen molar-refractivity contribution in [1.29, 1.82) is 0 Å². The van der Waals surface area contributed by atoms with Gasteiger partial charge >= 0.3 is 0 Å². The summed E-state index contributed by atoms with van der Waals surface area (Å²) < 4.78 is 0. The number of hydrogen-bond acceptors (Lipinski definition) is 1. The number of benzene rings is 5. The van der Waals surface area contributed by atoms with E-state index in [1.807, 2.05) is 72.8 Å². The highest BCUT2D eigenvalue weighted by molar-refractivity contribution is 6.09. The Morgan fingerprint density at radius 3 is 1.16 bits per heavy atom. The van der Waals surface area contributed by atoms with Crippen LogP contribution >= 0.6 is 0 Å². The first-order valence-corrected chi connectivity index (χ1v) is 12.5. The van der Waals surface area contributed by atoms with E-state index in [2.05, 4.69) is 78.9 Å². The lowest BCUT2D eigenvalue weighted by Gasteiger charge is -2.19. The average Bonchev–Trinajstić information content (AvgIpc) is 2.96. The number of hydrogen-bond donors (Lipinski definition) is 0. The monoisotopic (exact) mass is 476 g/mol. The third-order valence-electron chi connectivity index (χ3n) is 6.39. The van der Waals surface area contributed by atoms with Gasteiger partial charge in [-0.05, 0) is 63.6 Å². The summed E-state index contributed by atoms with van der Waals surface area (Å²) in [6.07, 6.45) is 4.34. The van der Waals surface area contributed by atoms with Crippen molar-refractivity contribution < 1.29 is 4.79 Å². The Morgan fingerprint density at radius 1 is 0.459 bits per heavy atom. The fourth-order valence-electron chi connectivity index (χ4n) is 4.68. The molecule has 0 aliphatic rings. The van der Waals surface area contributed by atoms with Crippen LogP contribution in [0, 0.1) is 0 Å². The molecule has 0 spiro atoms. The molecule has 0 amide bonds. The minimum atomic E-state index is 0.0374. The van der Waals surface area contributed by atoms with Gasteiger partial charge in [0.15, 0.2) is 5.78 Å². The number of Topliss-reactive ketones (excluding diaryl/α,β-unsaturated/α-hetero) is 1. The molecule has 0 saturated heterocycles. The number of ketones is 1. The van der Waals surface area contributed by atoms with Gasteiger partial charge in [0, 0.05) is 5.56 Å². The van der Waals surface area contributed by atoms with E-state index < -0.39 is 0 Å². The molecule has 5 rings (SSSR count). The van der Waals surface area contributed by atoms with E-state index in [0.29, 0.717) is 0 Å². The minimum Gasteiger partial charge on any atom is -0.294 e. The quantitative estimate of drug-likeness (QED) is 0.169. The minimum absolute atomic E-state index is 0.0374. The zero-order valence-corrected chi connectivity index (χ0v) is 20.8. The Morgan fingerprint density at radius 2 is 0.811 bits per heavy atom. The zero-order chi connectivity index (χ0) is 25.5. The summed E-state index contributed by atoms with van der Waals surface area (Å²) >= 11 is 0. The highest BCUT2D eigenvalue weighted by atomic mass is 16.1. The summed E-state index contributed by atoms with van der Waals surface area (Å²) in [4.78, 5) is 13.4. The van der Waals surface area contributed by atoms with Crippen LogP contribution in [0.25, 0.3) is 23.3 Å². The van der Waals surface area contributed by atoms with Crippen molar-refractivity contribution in [3.63, 3.8) is 0 Å². The molecule has 0 aliphatic heterocycles. The van der Waals surface area contributed by atoms with Gasteiger partial charge in [0.25, 0.3) is 0 Å². The molecule has 0 N–H and O–H groups in total. The fourth-order valence-corrected chi connectivity index (χ4v) is 4.68. The summed E-state index contributed by atoms with van der Waals surface area (Å²) in [6.45, 7) is 1.67. The van der Waals surface area contributed by atoms with Crippen molar-refractivity contribution in [2.45, 2.75) is 6.92 Å². The van der Waals surface area contributed by atoms with Crippen LogP contribution in [-0.4, -0.2) is 5.78 Å². The molecule has 0 saturated carbocycles. The van der Waals surface area contributed by atoms with Crippen molar-refractivity contribution in [2.24, 2.45) is 0 Å². The van der Waals surface area contributed by atoms with Crippen LogP contribution in [0.4, 0.5) is 0 Å². The van der Waals surface area contributed by atoms with Gasteiger partial charge in [-0.2, -0.15) is 0 Å². The van der Waals surface area contributed by atoms with E-state index in [0.717, 1.165) is 50.1 Å². The lowest BCUT2D eigenvalue weighted by atomic mass is 9.84. The van der Waals surface area contributed by atoms with E-state index in [4.69, 9.17) is 0 Å². The van der Waals surface area contributed by atoms with Crippen molar-refractivity contribution in [3.8, 4) is 0 Å². The van der Waals surface area contributed by atoms with Crippen molar-refractivity contribution in [2.75, 3.05) is 0 Å². The SMILES string of the molecule is CC(=O)c1c(/C(=C/c2ccccc2)c2ccccc2)cccc1/C(=C/c1ccccc1)c1ccccc1. The van der Waals surface area contributed by atoms with Crippen LogP contribution in [0.5, 0.6) is 0 Å². The van der Waals surface area contributed by atoms with Gasteiger partial charge in [-0.1, -0.05) is 140 Å². The van der Waals surface area contributed by atoms with Crippen LogP contribution in [0.15, 0.2) is 140 Å². The average molecular weight is 477 g/mol. The molecule has 5 aromatic carbocycles. The fraction of sp³-hybridized carbons (Fsp3) is 0.0278. The first-order valence-electron chi connectivity index (χ1n) is 12.5. The third kappa shape index (κ3) is 5.58. The standard InChI is InChI=1S/C36H28O/c1-27(37)36-32(34(30-19-10-4-11-20-30)25-28-15-6-2-7-16-28)23-14-24-33(36)35(31-21-12-5-13-22-31)26-29-17-8-3-9-18-29/h2-26H,1H3/b34-25+,35-26+. The third-order valence-corrected chi connectivity index (χ3v) is 6.39. The van der Waals surface area contributed by atoms with E-state index >= 15 is 0 Å². The van der Waals surface area contributed by atoms with E-state index in [9.17, 15) is 4.79 Å². The lowest BCUT2D eigenvalue weighted by molar-refractivity contribution is 0.101. The number of carbonyl (C=O) groups is 1. The number of carbonyl (C=O) groups excluding carboxylic acids is 1. The molecule has 37 heavy (non-hydrogen) atoms. The van der Waals surface area contributed by atoms with Gasteiger partial charge < -0.3 is 0 Å². The highest BCUT2D eigenvalue weighted by Crippen LogP contribution is 2.36. The summed E-state index contributed by atoms with van der Waals surface area (Å²) in [5.74, 6) is 0.0374. The van der Waals surface area contributed by atoms with Crippen LogP contribution in [0.2, 0.25) is 0 Å². The molecule has 1 nitrogen and oxygen atoms in total. The van der Waals surface area contributed by atoms with Crippen LogP contribution in [0.3, 0.4) is 0 Å². The van der Waals surface area contributed by atoms with Gasteiger partial charge in [-0.3, -0.25) is 4.79 Å².